The zero-order valence-electron chi connectivity index (χ0n) is 11.0. The first kappa shape index (κ1) is 12.5. The highest BCUT2D eigenvalue weighted by molar-refractivity contribution is 5.81. The first-order chi connectivity index (χ1) is 9.33. The zero-order chi connectivity index (χ0) is 13.1. The molecular weight excluding hydrogens is 242 g/mol. The summed E-state index contributed by atoms with van der Waals surface area (Å²) in [5.74, 6) is 1.36. The molecule has 1 heterocycles. The van der Waals surface area contributed by atoms with E-state index in [0.29, 0.717) is 26.3 Å². The lowest BCUT2D eigenvalue weighted by Crippen LogP contribution is -2.40. The fourth-order valence-corrected chi connectivity index (χ4v) is 2.33. The number of hydrogen-bond acceptors (Lipinski definition) is 3. The molecule has 1 saturated carbocycles. The van der Waals surface area contributed by atoms with Gasteiger partial charge in [0.2, 0.25) is 5.91 Å². The molecule has 1 atom stereocenters. The number of benzene rings is 1. The lowest BCUT2D eigenvalue weighted by atomic mass is 10.3. The van der Waals surface area contributed by atoms with Crippen molar-refractivity contribution in [3.63, 3.8) is 0 Å². The number of ether oxygens (including phenoxy) is 2. The van der Waals surface area contributed by atoms with E-state index in [1.807, 2.05) is 35.2 Å². The Kier molecular flexibility index (Phi) is 3.69. The SMILES string of the molecule is O=C(C1CC1)N1CCOC[C@H](Oc2ccccc2)C1. The summed E-state index contributed by atoms with van der Waals surface area (Å²) in [5, 5.41) is 0. The Morgan fingerprint density at radius 1 is 1.26 bits per heavy atom. The second-order valence-electron chi connectivity index (χ2n) is 5.19. The monoisotopic (exact) mass is 261 g/mol. The van der Waals surface area contributed by atoms with Crippen LogP contribution in [0.5, 0.6) is 5.75 Å². The average Bonchev–Trinajstić information content (AvgIpc) is 3.27. The van der Waals surface area contributed by atoms with Gasteiger partial charge in [0.15, 0.2) is 0 Å². The second-order valence-corrected chi connectivity index (χ2v) is 5.19. The van der Waals surface area contributed by atoms with E-state index in [0.717, 1.165) is 18.6 Å². The van der Waals surface area contributed by atoms with E-state index < -0.39 is 0 Å². The third-order valence-electron chi connectivity index (χ3n) is 3.52. The lowest BCUT2D eigenvalue weighted by Gasteiger charge is -2.24. The van der Waals surface area contributed by atoms with Gasteiger partial charge in [-0.1, -0.05) is 18.2 Å². The third-order valence-corrected chi connectivity index (χ3v) is 3.52. The van der Waals surface area contributed by atoms with Crippen LogP contribution < -0.4 is 4.74 Å². The smallest absolute Gasteiger partial charge is 0.225 e. The number of carbonyl (C=O) groups excluding carboxylic acids is 1. The fourth-order valence-electron chi connectivity index (χ4n) is 2.33. The van der Waals surface area contributed by atoms with Crippen LogP contribution in [0.3, 0.4) is 0 Å². The average molecular weight is 261 g/mol. The Bertz CT molecular complexity index is 430. The molecule has 1 saturated heterocycles. The molecule has 3 rings (SSSR count). The van der Waals surface area contributed by atoms with E-state index in [1.165, 1.54) is 0 Å². The summed E-state index contributed by atoms with van der Waals surface area (Å²) in [4.78, 5) is 14.0. The van der Waals surface area contributed by atoms with Crippen LogP contribution in [-0.4, -0.2) is 43.2 Å². The van der Waals surface area contributed by atoms with Gasteiger partial charge in [0.25, 0.3) is 0 Å². The summed E-state index contributed by atoms with van der Waals surface area (Å²) < 4.78 is 11.4. The van der Waals surface area contributed by atoms with Gasteiger partial charge in [-0.25, -0.2) is 0 Å². The molecule has 0 unspecified atom stereocenters. The molecule has 1 amide bonds. The molecule has 19 heavy (non-hydrogen) atoms. The van der Waals surface area contributed by atoms with Crippen LogP contribution >= 0.6 is 0 Å². The van der Waals surface area contributed by atoms with Crippen molar-refractivity contribution in [3.8, 4) is 5.75 Å². The molecule has 1 aromatic carbocycles. The van der Waals surface area contributed by atoms with Crippen molar-refractivity contribution in [2.45, 2.75) is 18.9 Å². The minimum atomic E-state index is -0.0763. The fraction of sp³-hybridized carbons (Fsp3) is 0.533. The van der Waals surface area contributed by atoms with Gasteiger partial charge in [-0.3, -0.25) is 4.79 Å². The van der Waals surface area contributed by atoms with Gasteiger partial charge in [-0.15, -0.1) is 0 Å². The maximum absolute atomic E-state index is 12.1. The summed E-state index contributed by atoms with van der Waals surface area (Å²) in [5.41, 5.74) is 0. The van der Waals surface area contributed by atoms with Crippen molar-refractivity contribution in [1.82, 2.24) is 4.90 Å². The van der Waals surface area contributed by atoms with E-state index >= 15 is 0 Å². The molecule has 1 aliphatic carbocycles. The first-order valence-corrected chi connectivity index (χ1v) is 6.91. The quantitative estimate of drug-likeness (QED) is 0.831. The number of carbonyl (C=O) groups is 1. The highest BCUT2D eigenvalue weighted by Gasteiger charge is 2.35. The molecule has 1 aromatic rings. The molecule has 102 valence electrons. The highest BCUT2D eigenvalue weighted by Crippen LogP contribution is 2.31. The van der Waals surface area contributed by atoms with Crippen molar-refractivity contribution >= 4 is 5.91 Å². The topological polar surface area (TPSA) is 38.8 Å². The van der Waals surface area contributed by atoms with Crippen LogP contribution in [0.15, 0.2) is 30.3 Å². The van der Waals surface area contributed by atoms with Gasteiger partial charge < -0.3 is 14.4 Å². The number of amides is 1. The molecule has 1 aliphatic heterocycles. The van der Waals surface area contributed by atoms with Gasteiger partial charge in [-0.2, -0.15) is 0 Å². The zero-order valence-corrected chi connectivity index (χ0v) is 11.0. The Balaban J connectivity index is 1.62. The Labute approximate surface area is 113 Å². The number of nitrogens with zero attached hydrogens (tertiary/aromatic N) is 1. The van der Waals surface area contributed by atoms with Crippen molar-refractivity contribution < 1.29 is 14.3 Å². The predicted octanol–water partition coefficient (Wildman–Crippen LogP) is 1.70. The second kappa shape index (κ2) is 5.61. The van der Waals surface area contributed by atoms with E-state index in [2.05, 4.69) is 0 Å². The highest BCUT2D eigenvalue weighted by atomic mass is 16.5. The van der Waals surface area contributed by atoms with E-state index in [4.69, 9.17) is 9.47 Å². The standard InChI is InChI=1S/C15H19NO3/c17-15(12-6-7-12)16-8-9-18-11-14(10-16)19-13-4-2-1-3-5-13/h1-5,12,14H,6-11H2/t14-/m1/s1. The van der Waals surface area contributed by atoms with Crippen molar-refractivity contribution in [2.24, 2.45) is 5.92 Å². The van der Waals surface area contributed by atoms with E-state index in [1.54, 1.807) is 0 Å². The van der Waals surface area contributed by atoms with Gasteiger partial charge in [0.1, 0.15) is 11.9 Å². The molecule has 2 fully saturated rings. The summed E-state index contributed by atoms with van der Waals surface area (Å²) in [6, 6.07) is 9.70. The minimum absolute atomic E-state index is 0.0763. The molecule has 0 radical (unpaired) electrons. The summed E-state index contributed by atoms with van der Waals surface area (Å²) in [6.45, 7) is 2.46. The Morgan fingerprint density at radius 2 is 2.05 bits per heavy atom. The number of rotatable bonds is 3. The maximum atomic E-state index is 12.1. The number of para-hydroxylation sites is 1. The summed E-state index contributed by atoms with van der Waals surface area (Å²) in [7, 11) is 0. The van der Waals surface area contributed by atoms with Gasteiger partial charge in [0, 0.05) is 12.5 Å². The Morgan fingerprint density at radius 3 is 2.79 bits per heavy atom. The molecule has 4 nitrogen and oxygen atoms in total. The van der Waals surface area contributed by atoms with Crippen LogP contribution in [0.1, 0.15) is 12.8 Å². The molecule has 2 aliphatic rings. The first-order valence-electron chi connectivity index (χ1n) is 6.91. The van der Waals surface area contributed by atoms with Crippen LogP contribution in [0, 0.1) is 5.92 Å². The van der Waals surface area contributed by atoms with E-state index in [9.17, 15) is 4.79 Å². The summed E-state index contributed by atoms with van der Waals surface area (Å²) in [6.07, 6.45) is 2.01. The van der Waals surface area contributed by atoms with E-state index in [-0.39, 0.29) is 17.9 Å². The van der Waals surface area contributed by atoms with Crippen molar-refractivity contribution in [2.75, 3.05) is 26.3 Å². The van der Waals surface area contributed by atoms with Crippen LogP contribution in [-0.2, 0) is 9.53 Å². The van der Waals surface area contributed by atoms with Crippen LogP contribution in [0.2, 0.25) is 0 Å². The normalized spacial score (nSPS) is 23.8. The number of hydrogen-bond donors (Lipinski definition) is 0. The van der Waals surface area contributed by atoms with Gasteiger partial charge in [0.05, 0.1) is 19.8 Å². The Hall–Kier alpha value is -1.55. The molecule has 0 spiro atoms. The predicted molar refractivity (Wildman–Crippen MR) is 71.0 cm³/mol. The minimum Gasteiger partial charge on any atom is -0.486 e. The molecule has 0 aromatic heterocycles. The van der Waals surface area contributed by atoms with Crippen LogP contribution in [0.4, 0.5) is 0 Å². The molecular formula is C15H19NO3. The van der Waals surface area contributed by atoms with Gasteiger partial charge in [-0.05, 0) is 25.0 Å². The molecule has 0 N–H and O–H groups in total. The lowest BCUT2D eigenvalue weighted by molar-refractivity contribution is -0.133. The van der Waals surface area contributed by atoms with Gasteiger partial charge >= 0.3 is 0 Å². The summed E-state index contributed by atoms with van der Waals surface area (Å²) >= 11 is 0. The third kappa shape index (κ3) is 3.26. The van der Waals surface area contributed by atoms with Crippen molar-refractivity contribution in [3.05, 3.63) is 30.3 Å². The van der Waals surface area contributed by atoms with Crippen LogP contribution in [0.25, 0.3) is 0 Å². The molecule has 4 heteroatoms. The largest absolute Gasteiger partial charge is 0.486 e. The van der Waals surface area contributed by atoms with Crippen molar-refractivity contribution in [1.29, 1.82) is 0 Å². The maximum Gasteiger partial charge on any atom is 0.225 e. The molecule has 0 bridgehead atoms.